The molecule has 2 saturated carbocycles. The Balaban J connectivity index is 1.76. The zero-order valence-corrected chi connectivity index (χ0v) is 10.2. The lowest BCUT2D eigenvalue weighted by Crippen LogP contribution is -2.07. The van der Waals surface area contributed by atoms with Crippen molar-refractivity contribution in [2.24, 2.45) is 17.8 Å². The van der Waals surface area contributed by atoms with Gasteiger partial charge in [0.25, 0.3) is 0 Å². The van der Waals surface area contributed by atoms with Crippen molar-refractivity contribution in [3.63, 3.8) is 0 Å². The van der Waals surface area contributed by atoms with Gasteiger partial charge in [-0.05, 0) is 30.1 Å². The minimum Gasteiger partial charge on any atom is -0.294 e. The number of hydrogen-bond donors (Lipinski definition) is 0. The van der Waals surface area contributed by atoms with Gasteiger partial charge in [-0.2, -0.15) is 0 Å². The van der Waals surface area contributed by atoms with Crippen molar-refractivity contribution in [3.05, 3.63) is 42.2 Å². The molecule has 2 unspecified atom stereocenters. The van der Waals surface area contributed by atoms with Crippen LogP contribution in [0.4, 0.5) is 0 Å². The first kappa shape index (κ1) is 10.2. The van der Waals surface area contributed by atoms with Crippen molar-refractivity contribution in [3.8, 4) is 0 Å². The molecule has 90 valence electrons. The summed E-state index contributed by atoms with van der Waals surface area (Å²) in [4.78, 5) is 16.8. The third kappa shape index (κ3) is 1.35. The summed E-state index contributed by atoms with van der Waals surface area (Å²) in [5.74, 6) is 1.98. The first-order valence-electron chi connectivity index (χ1n) is 6.73. The average Bonchev–Trinajstić information content (AvgIpc) is 2.90. The lowest BCUT2D eigenvalue weighted by Gasteiger charge is -2.06. The average molecular weight is 237 g/mol. The summed E-state index contributed by atoms with van der Waals surface area (Å²) in [6, 6.07) is 8.03. The second-order valence-corrected chi connectivity index (χ2v) is 5.56. The van der Waals surface area contributed by atoms with Crippen LogP contribution in [0.25, 0.3) is 10.8 Å². The van der Waals surface area contributed by atoms with Gasteiger partial charge >= 0.3 is 0 Å². The molecule has 2 nitrogen and oxygen atoms in total. The van der Waals surface area contributed by atoms with Gasteiger partial charge in [-0.15, -0.1) is 0 Å². The van der Waals surface area contributed by atoms with E-state index in [1.54, 1.807) is 6.20 Å². The van der Waals surface area contributed by atoms with Gasteiger partial charge in [-0.25, -0.2) is 0 Å². The summed E-state index contributed by atoms with van der Waals surface area (Å²) in [6.45, 7) is 0. The summed E-state index contributed by atoms with van der Waals surface area (Å²) < 4.78 is 0. The standard InChI is InChI=1S/C16H15NO/c18-16(15-12-6-3-7-13(12)15)14-9-17-8-10-4-1-2-5-11(10)14/h1-2,4-5,8-9,12-13,15H,3,6-7H2. The molecular weight excluding hydrogens is 222 g/mol. The fraction of sp³-hybridized carbons (Fsp3) is 0.375. The molecule has 4 rings (SSSR count). The van der Waals surface area contributed by atoms with Gasteiger partial charge < -0.3 is 0 Å². The maximum atomic E-state index is 12.6. The Morgan fingerprint density at radius 2 is 1.89 bits per heavy atom. The van der Waals surface area contributed by atoms with Gasteiger partial charge in [0.2, 0.25) is 0 Å². The molecule has 1 aromatic carbocycles. The number of carbonyl (C=O) groups excluding carboxylic acids is 1. The Morgan fingerprint density at radius 3 is 2.72 bits per heavy atom. The maximum absolute atomic E-state index is 12.6. The molecule has 0 N–H and O–H groups in total. The number of carbonyl (C=O) groups is 1. The molecule has 2 heteroatoms. The molecule has 2 fully saturated rings. The molecule has 2 atom stereocenters. The molecular formula is C16H15NO. The fourth-order valence-electron chi connectivity index (χ4n) is 3.70. The normalized spacial score (nSPS) is 29.2. The van der Waals surface area contributed by atoms with Gasteiger partial charge in [0.15, 0.2) is 5.78 Å². The molecule has 0 radical (unpaired) electrons. The molecule has 0 bridgehead atoms. The Bertz CT molecular complexity index is 619. The molecule has 0 saturated heterocycles. The predicted molar refractivity (Wildman–Crippen MR) is 70.4 cm³/mol. The van der Waals surface area contributed by atoms with Crippen LogP contribution in [0.15, 0.2) is 36.7 Å². The van der Waals surface area contributed by atoms with Gasteiger partial charge in [0.05, 0.1) is 0 Å². The summed E-state index contributed by atoms with van der Waals surface area (Å²) in [6.07, 6.45) is 7.39. The van der Waals surface area contributed by atoms with Crippen LogP contribution >= 0.6 is 0 Å². The lowest BCUT2D eigenvalue weighted by molar-refractivity contribution is 0.0953. The van der Waals surface area contributed by atoms with Gasteiger partial charge in [0.1, 0.15) is 0 Å². The van der Waals surface area contributed by atoms with Crippen LogP contribution in [-0.2, 0) is 0 Å². The van der Waals surface area contributed by atoms with E-state index in [-0.39, 0.29) is 0 Å². The molecule has 2 aliphatic carbocycles. The molecule has 0 aliphatic heterocycles. The summed E-state index contributed by atoms with van der Waals surface area (Å²) in [5, 5.41) is 2.12. The third-order valence-corrected chi connectivity index (χ3v) is 4.64. The van der Waals surface area contributed by atoms with Crippen LogP contribution < -0.4 is 0 Å². The van der Waals surface area contributed by atoms with E-state index in [0.29, 0.717) is 23.5 Å². The minimum absolute atomic E-state index is 0.298. The monoisotopic (exact) mass is 237 g/mol. The van der Waals surface area contributed by atoms with Crippen LogP contribution in [-0.4, -0.2) is 10.8 Å². The number of aromatic nitrogens is 1. The van der Waals surface area contributed by atoms with Crippen molar-refractivity contribution in [2.75, 3.05) is 0 Å². The number of nitrogens with zero attached hydrogens (tertiary/aromatic N) is 1. The Kier molecular flexibility index (Phi) is 2.07. The number of Topliss-reactive ketones (excluding diaryl/α,β-unsaturated/α-hetero) is 1. The lowest BCUT2D eigenvalue weighted by atomic mass is 9.98. The zero-order chi connectivity index (χ0) is 12.1. The second kappa shape index (κ2) is 3.64. The van der Waals surface area contributed by atoms with Crippen LogP contribution in [0.1, 0.15) is 29.6 Å². The minimum atomic E-state index is 0.298. The summed E-state index contributed by atoms with van der Waals surface area (Å²) in [5.41, 5.74) is 0.826. The van der Waals surface area contributed by atoms with E-state index in [0.717, 1.165) is 16.3 Å². The number of fused-ring (bicyclic) bond motifs is 2. The van der Waals surface area contributed by atoms with Crippen molar-refractivity contribution in [1.29, 1.82) is 0 Å². The number of ketones is 1. The van der Waals surface area contributed by atoms with E-state index in [9.17, 15) is 4.79 Å². The molecule has 1 aromatic heterocycles. The van der Waals surface area contributed by atoms with Crippen LogP contribution in [0.5, 0.6) is 0 Å². The number of hydrogen-bond acceptors (Lipinski definition) is 2. The van der Waals surface area contributed by atoms with Crippen LogP contribution in [0, 0.1) is 17.8 Å². The molecule has 1 heterocycles. The quantitative estimate of drug-likeness (QED) is 0.749. The fourth-order valence-corrected chi connectivity index (χ4v) is 3.70. The Morgan fingerprint density at radius 1 is 1.11 bits per heavy atom. The largest absolute Gasteiger partial charge is 0.294 e. The number of rotatable bonds is 2. The van der Waals surface area contributed by atoms with Gasteiger partial charge in [0, 0.05) is 29.3 Å². The van der Waals surface area contributed by atoms with Crippen molar-refractivity contribution >= 4 is 16.6 Å². The third-order valence-electron chi connectivity index (χ3n) is 4.64. The van der Waals surface area contributed by atoms with Crippen molar-refractivity contribution in [2.45, 2.75) is 19.3 Å². The van der Waals surface area contributed by atoms with E-state index in [4.69, 9.17) is 0 Å². The van der Waals surface area contributed by atoms with E-state index in [1.165, 1.54) is 19.3 Å². The SMILES string of the molecule is O=C(c1cncc2ccccc12)C1C2CCCC21. The Hall–Kier alpha value is -1.70. The zero-order valence-electron chi connectivity index (χ0n) is 10.2. The van der Waals surface area contributed by atoms with Gasteiger partial charge in [-0.3, -0.25) is 9.78 Å². The highest BCUT2D eigenvalue weighted by molar-refractivity contribution is 6.09. The molecule has 0 amide bonds. The summed E-state index contributed by atoms with van der Waals surface area (Å²) in [7, 11) is 0. The number of benzene rings is 1. The highest BCUT2D eigenvalue weighted by Crippen LogP contribution is 2.58. The number of pyridine rings is 1. The van der Waals surface area contributed by atoms with E-state index < -0.39 is 0 Å². The first-order chi connectivity index (χ1) is 8.86. The molecule has 18 heavy (non-hydrogen) atoms. The van der Waals surface area contributed by atoms with E-state index >= 15 is 0 Å². The van der Waals surface area contributed by atoms with Crippen molar-refractivity contribution < 1.29 is 4.79 Å². The second-order valence-electron chi connectivity index (χ2n) is 5.56. The van der Waals surface area contributed by atoms with E-state index in [1.807, 2.05) is 30.5 Å². The highest BCUT2D eigenvalue weighted by atomic mass is 16.1. The maximum Gasteiger partial charge on any atom is 0.168 e. The molecule has 2 aliphatic rings. The predicted octanol–water partition coefficient (Wildman–Crippen LogP) is 3.46. The molecule has 2 aromatic rings. The smallest absolute Gasteiger partial charge is 0.168 e. The Labute approximate surface area is 106 Å². The first-order valence-corrected chi connectivity index (χ1v) is 6.73. The topological polar surface area (TPSA) is 30.0 Å². The van der Waals surface area contributed by atoms with Crippen LogP contribution in [0.2, 0.25) is 0 Å². The summed E-state index contributed by atoms with van der Waals surface area (Å²) >= 11 is 0. The van der Waals surface area contributed by atoms with Crippen LogP contribution in [0.3, 0.4) is 0 Å². The van der Waals surface area contributed by atoms with Gasteiger partial charge in [-0.1, -0.05) is 30.7 Å². The highest BCUT2D eigenvalue weighted by Gasteiger charge is 2.56. The van der Waals surface area contributed by atoms with Crippen molar-refractivity contribution in [1.82, 2.24) is 4.98 Å². The molecule has 0 spiro atoms. The van der Waals surface area contributed by atoms with E-state index in [2.05, 4.69) is 4.98 Å².